The molecule has 1 aliphatic rings. The lowest BCUT2D eigenvalue weighted by Gasteiger charge is -2.42. The van der Waals surface area contributed by atoms with Crippen LogP contribution in [-0.4, -0.2) is 83.7 Å². The number of carbonyl (C=O) groups is 2. The molecule has 5 atom stereocenters. The number of hydrogen-bond acceptors (Lipinski definition) is 12. The second-order valence-corrected chi connectivity index (χ2v) is 11.0. The van der Waals surface area contributed by atoms with Crippen molar-refractivity contribution in [2.24, 2.45) is 0 Å². The number of rotatable bonds is 9. The molecule has 1 heterocycles. The highest BCUT2D eigenvalue weighted by Gasteiger charge is 2.52. The lowest BCUT2D eigenvalue weighted by Crippen LogP contribution is -2.62. The number of esters is 2. The van der Waals surface area contributed by atoms with Crippen molar-refractivity contribution in [2.45, 2.75) is 30.7 Å². The molecule has 12 nitrogen and oxygen atoms in total. The van der Waals surface area contributed by atoms with Crippen molar-refractivity contribution in [3.05, 3.63) is 71.8 Å². The van der Waals surface area contributed by atoms with Crippen molar-refractivity contribution >= 4 is 32.2 Å². The van der Waals surface area contributed by atoms with Gasteiger partial charge in [-0.25, -0.2) is 9.59 Å². The van der Waals surface area contributed by atoms with Crippen LogP contribution in [0.5, 0.6) is 0 Å². The highest BCUT2D eigenvalue weighted by atomic mass is 32.2. The molecule has 0 amide bonds. The van der Waals surface area contributed by atoms with E-state index in [0.717, 1.165) is 0 Å². The third kappa shape index (κ3) is 7.81. The number of carbonyl (C=O) groups excluding carboxylic acids is 2. The molecule has 1 fully saturated rings. The van der Waals surface area contributed by atoms with Gasteiger partial charge >= 0.3 is 11.9 Å². The Kier molecular flexibility index (Phi) is 8.81. The van der Waals surface area contributed by atoms with Gasteiger partial charge in [-0.15, -0.1) is 0 Å². The first-order valence-electron chi connectivity index (χ1n) is 10.4. The van der Waals surface area contributed by atoms with E-state index in [1.165, 1.54) is 24.3 Å². The molecule has 0 bridgehead atoms. The van der Waals surface area contributed by atoms with Crippen LogP contribution in [0.15, 0.2) is 60.7 Å². The van der Waals surface area contributed by atoms with Crippen molar-refractivity contribution < 1.29 is 54.1 Å². The summed E-state index contributed by atoms with van der Waals surface area (Å²) < 4.78 is 73.8. The predicted octanol–water partition coefficient (Wildman–Crippen LogP) is 0.476. The summed E-state index contributed by atoms with van der Waals surface area (Å²) in [5, 5.41) is 10.6. The SMILES string of the molecule is CS(=O)(=O)O[C@@H]1[C@@H](OC(=O)c2ccccc2)[C@@H](O)O[C@H](COC(=O)c2ccccc2)[C@H]1OS(C)(=O)=O. The summed E-state index contributed by atoms with van der Waals surface area (Å²) in [7, 11) is -8.58. The number of hydrogen-bond donors (Lipinski definition) is 1. The Morgan fingerprint density at radius 2 is 1.25 bits per heavy atom. The fourth-order valence-electron chi connectivity index (χ4n) is 3.37. The third-order valence-corrected chi connectivity index (χ3v) is 5.97. The van der Waals surface area contributed by atoms with Crippen LogP contribution in [0.3, 0.4) is 0 Å². The molecular formula is C22H24O12S2. The Balaban J connectivity index is 1.90. The molecule has 0 aromatic heterocycles. The van der Waals surface area contributed by atoms with Gasteiger partial charge in [-0.05, 0) is 24.3 Å². The normalized spacial score (nSPS) is 24.6. The first-order valence-corrected chi connectivity index (χ1v) is 14.1. The zero-order valence-electron chi connectivity index (χ0n) is 19.1. The average Bonchev–Trinajstić information content (AvgIpc) is 2.81. The van der Waals surface area contributed by atoms with Crippen LogP contribution in [0.1, 0.15) is 20.7 Å². The summed E-state index contributed by atoms with van der Waals surface area (Å²) in [5.74, 6) is -1.78. The van der Waals surface area contributed by atoms with E-state index in [4.69, 9.17) is 22.6 Å². The van der Waals surface area contributed by atoms with Crippen molar-refractivity contribution in [3.63, 3.8) is 0 Å². The Bertz CT molecular complexity index is 1260. The average molecular weight is 545 g/mol. The Morgan fingerprint density at radius 1 is 0.778 bits per heavy atom. The number of aliphatic hydroxyl groups excluding tert-OH is 1. The Labute approximate surface area is 207 Å². The van der Waals surface area contributed by atoms with E-state index in [0.29, 0.717) is 12.5 Å². The molecule has 0 saturated carbocycles. The van der Waals surface area contributed by atoms with Crippen molar-refractivity contribution in [1.29, 1.82) is 0 Å². The third-order valence-electron chi connectivity index (χ3n) is 4.82. The molecule has 2 aromatic rings. The van der Waals surface area contributed by atoms with E-state index in [1.807, 2.05) is 0 Å². The van der Waals surface area contributed by atoms with Crippen molar-refractivity contribution in [3.8, 4) is 0 Å². The van der Waals surface area contributed by atoms with Gasteiger partial charge in [0.2, 0.25) is 0 Å². The van der Waals surface area contributed by atoms with Gasteiger partial charge in [-0.1, -0.05) is 36.4 Å². The largest absolute Gasteiger partial charge is 0.459 e. The molecule has 0 aliphatic carbocycles. The zero-order valence-corrected chi connectivity index (χ0v) is 20.8. The molecule has 36 heavy (non-hydrogen) atoms. The van der Waals surface area contributed by atoms with Gasteiger partial charge in [0.25, 0.3) is 20.2 Å². The van der Waals surface area contributed by atoms with Gasteiger partial charge in [0.05, 0.1) is 23.6 Å². The van der Waals surface area contributed by atoms with Crippen LogP contribution in [-0.2, 0) is 42.8 Å². The molecule has 0 spiro atoms. The topological polar surface area (TPSA) is 169 Å². The molecule has 2 aromatic carbocycles. The van der Waals surface area contributed by atoms with E-state index in [-0.39, 0.29) is 11.1 Å². The molecule has 1 aliphatic heterocycles. The fraction of sp³-hybridized carbons (Fsp3) is 0.364. The van der Waals surface area contributed by atoms with Crippen LogP contribution in [0.25, 0.3) is 0 Å². The monoisotopic (exact) mass is 544 g/mol. The highest BCUT2D eigenvalue weighted by Crippen LogP contribution is 2.30. The number of aliphatic hydroxyl groups is 1. The maximum atomic E-state index is 12.6. The molecule has 0 radical (unpaired) electrons. The molecule has 1 saturated heterocycles. The lowest BCUT2D eigenvalue weighted by atomic mass is 9.99. The Morgan fingerprint density at radius 3 is 1.75 bits per heavy atom. The summed E-state index contributed by atoms with van der Waals surface area (Å²) in [5.41, 5.74) is 0.232. The van der Waals surface area contributed by atoms with E-state index in [9.17, 15) is 31.5 Å². The van der Waals surface area contributed by atoms with E-state index >= 15 is 0 Å². The lowest BCUT2D eigenvalue weighted by molar-refractivity contribution is -0.275. The summed E-state index contributed by atoms with van der Waals surface area (Å²) >= 11 is 0. The van der Waals surface area contributed by atoms with Gasteiger partial charge in [0.1, 0.15) is 24.9 Å². The smallest absolute Gasteiger partial charge is 0.338 e. The van der Waals surface area contributed by atoms with Crippen LogP contribution < -0.4 is 0 Å². The van der Waals surface area contributed by atoms with E-state index in [2.05, 4.69) is 0 Å². The first kappa shape index (κ1) is 27.7. The van der Waals surface area contributed by atoms with E-state index < -0.39 is 69.5 Å². The van der Waals surface area contributed by atoms with Crippen molar-refractivity contribution in [2.75, 3.05) is 19.1 Å². The van der Waals surface area contributed by atoms with Gasteiger partial charge in [0, 0.05) is 0 Å². The minimum absolute atomic E-state index is 0.0577. The van der Waals surface area contributed by atoms with Crippen molar-refractivity contribution in [1.82, 2.24) is 0 Å². The summed E-state index contributed by atoms with van der Waals surface area (Å²) in [6.07, 6.45) is -7.67. The first-order chi connectivity index (χ1) is 16.8. The second kappa shape index (κ2) is 11.5. The molecule has 196 valence electrons. The van der Waals surface area contributed by atoms with Crippen LogP contribution in [0, 0.1) is 0 Å². The van der Waals surface area contributed by atoms with Gasteiger partial charge in [0.15, 0.2) is 12.4 Å². The van der Waals surface area contributed by atoms with Gasteiger partial charge in [-0.2, -0.15) is 16.8 Å². The highest BCUT2D eigenvalue weighted by molar-refractivity contribution is 7.86. The predicted molar refractivity (Wildman–Crippen MR) is 123 cm³/mol. The standard InChI is InChI=1S/C22H24O12S2/c1-35(26,27)33-17-16(13-30-20(23)14-9-5-3-6-10-14)31-22(25)19(18(17)34-36(2,28)29)32-21(24)15-11-7-4-8-12-15/h3-12,16-19,22,25H,13H2,1-2H3/t16-,17-,18+,19-,22+/m1/s1. The molecule has 3 rings (SSSR count). The maximum Gasteiger partial charge on any atom is 0.338 e. The molecular weight excluding hydrogens is 520 g/mol. The fourth-order valence-corrected chi connectivity index (χ4v) is 4.63. The van der Waals surface area contributed by atoms with E-state index in [1.54, 1.807) is 36.4 Å². The minimum Gasteiger partial charge on any atom is -0.459 e. The number of ether oxygens (including phenoxy) is 3. The quantitative estimate of drug-likeness (QED) is 0.343. The number of benzene rings is 2. The minimum atomic E-state index is -4.31. The molecule has 14 heteroatoms. The second-order valence-electron chi connectivity index (χ2n) is 7.80. The summed E-state index contributed by atoms with van der Waals surface area (Å²) in [6.45, 7) is -0.659. The Hall–Kier alpha value is -2.88. The van der Waals surface area contributed by atoms with Crippen LogP contribution >= 0.6 is 0 Å². The summed E-state index contributed by atoms with van der Waals surface area (Å²) in [6, 6.07) is 15.3. The van der Waals surface area contributed by atoms with Crippen LogP contribution in [0.4, 0.5) is 0 Å². The molecule has 0 unspecified atom stereocenters. The van der Waals surface area contributed by atoms with Gasteiger partial charge < -0.3 is 19.3 Å². The van der Waals surface area contributed by atoms with Gasteiger partial charge in [-0.3, -0.25) is 8.37 Å². The maximum absolute atomic E-state index is 12.6. The summed E-state index contributed by atoms with van der Waals surface area (Å²) in [4.78, 5) is 24.9. The zero-order chi connectivity index (χ0) is 26.5. The molecule has 1 N–H and O–H groups in total. The van der Waals surface area contributed by atoms with Crippen LogP contribution in [0.2, 0.25) is 0 Å².